The van der Waals surface area contributed by atoms with Gasteiger partial charge >= 0.3 is 0 Å². The zero-order chi connectivity index (χ0) is 16.8. The van der Waals surface area contributed by atoms with Gasteiger partial charge in [0, 0.05) is 38.8 Å². The zero-order valence-corrected chi connectivity index (χ0v) is 13.9. The summed E-state index contributed by atoms with van der Waals surface area (Å²) < 4.78 is 0. The Hall–Kier alpha value is -2.82. The number of nitrogens with one attached hydrogen (secondary N) is 1. The van der Waals surface area contributed by atoms with Crippen LogP contribution in [-0.4, -0.2) is 42.7 Å². The second kappa shape index (κ2) is 7.64. The molecule has 124 valence electrons. The highest BCUT2D eigenvalue weighted by molar-refractivity contribution is 6.37. The van der Waals surface area contributed by atoms with Crippen molar-refractivity contribution in [1.29, 1.82) is 0 Å². The molecule has 0 saturated carbocycles. The van der Waals surface area contributed by atoms with E-state index in [0.29, 0.717) is 5.84 Å². The van der Waals surface area contributed by atoms with Crippen molar-refractivity contribution in [3.63, 3.8) is 0 Å². The minimum Gasteiger partial charge on any atom is -0.368 e. The summed E-state index contributed by atoms with van der Waals surface area (Å²) in [5.41, 5.74) is 5.08. The van der Waals surface area contributed by atoms with Crippen LogP contribution in [0, 0.1) is 0 Å². The third-order valence-electron chi connectivity index (χ3n) is 4.08. The smallest absolute Gasteiger partial charge is 0.196 e. The Labute approximate surface area is 142 Å². The largest absolute Gasteiger partial charge is 0.368 e. The molecular weight excluding hydrogens is 300 g/mol. The van der Waals surface area contributed by atoms with Gasteiger partial charge in [0.1, 0.15) is 0 Å². The van der Waals surface area contributed by atoms with Gasteiger partial charge in [-0.3, -0.25) is 10.2 Å². The van der Waals surface area contributed by atoms with E-state index in [4.69, 9.17) is 0 Å². The fraction of sp³-hybridized carbons (Fsp3) is 0.263. The maximum absolute atomic E-state index is 12.0. The number of hydrazone groups is 1. The molecule has 5 nitrogen and oxygen atoms in total. The zero-order valence-electron chi connectivity index (χ0n) is 13.9. The van der Waals surface area contributed by atoms with Gasteiger partial charge in [0.2, 0.25) is 0 Å². The first-order valence-electron chi connectivity index (χ1n) is 8.18. The number of rotatable bonds is 4. The number of anilines is 2. The molecule has 2 aromatic rings. The Kier molecular flexibility index (Phi) is 5.11. The van der Waals surface area contributed by atoms with Crippen molar-refractivity contribution in [2.45, 2.75) is 6.92 Å². The molecule has 0 radical (unpaired) electrons. The summed E-state index contributed by atoms with van der Waals surface area (Å²) in [6.45, 7) is 4.88. The molecule has 0 aliphatic carbocycles. The van der Waals surface area contributed by atoms with E-state index in [1.807, 2.05) is 48.5 Å². The summed E-state index contributed by atoms with van der Waals surface area (Å²) in [6, 6.07) is 20.0. The standard InChI is InChI=1S/C19H22N4O/c1-16(24)19(21-20-17-8-4-2-5-9-17)23-14-12-22(13-15-23)18-10-6-3-7-11-18/h2-11,20H,12-15H2,1H3/b21-19-. The maximum atomic E-state index is 12.0. The fourth-order valence-electron chi connectivity index (χ4n) is 2.82. The van der Waals surface area contributed by atoms with Crippen LogP contribution in [0.2, 0.25) is 0 Å². The minimum atomic E-state index is -0.0217. The Morgan fingerprint density at radius 2 is 1.50 bits per heavy atom. The van der Waals surface area contributed by atoms with Gasteiger partial charge in [-0.25, -0.2) is 0 Å². The van der Waals surface area contributed by atoms with Gasteiger partial charge in [-0.05, 0) is 24.3 Å². The number of Topliss-reactive ketones (excluding diaryl/α,β-unsaturated/α-hetero) is 1. The second-order valence-corrected chi connectivity index (χ2v) is 5.78. The summed E-state index contributed by atoms with van der Waals surface area (Å²) in [7, 11) is 0. The fourth-order valence-corrected chi connectivity index (χ4v) is 2.82. The van der Waals surface area contributed by atoms with Crippen molar-refractivity contribution < 1.29 is 4.79 Å². The Morgan fingerprint density at radius 1 is 0.917 bits per heavy atom. The van der Waals surface area contributed by atoms with Crippen LogP contribution in [-0.2, 0) is 4.79 Å². The Bertz CT molecular complexity index is 692. The number of benzene rings is 2. The van der Waals surface area contributed by atoms with Gasteiger partial charge in [0.05, 0.1) is 5.69 Å². The third kappa shape index (κ3) is 3.93. The van der Waals surface area contributed by atoms with Gasteiger partial charge in [-0.1, -0.05) is 36.4 Å². The lowest BCUT2D eigenvalue weighted by atomic mass is 10.2. The molecule has 2 aromatic carbocycles. The predicted octanol–water partition coefficient (Wildman–Crippen LogP) is 2.82. The van der Waals surface area contributed by atoms with E-state index in [0.717, 1.165) is 31.9 Å². The summed E-state index contributed by atoms with van der Waals surface area (Å²) in [4.78, 5) is 16.4. The van der Waals surface area contributed by atoms with Gasteiger partial charge in [0.25, 0.3) is 0 Å². The van der Waals surface area contributed by atoms with E-state index in [-0.39, 0.29) is 5.78 Å². The third-order valence-corrected chi connectivity index (χ3v) is 4.08. The van der Waals surface area contributed by atoms with Crippen LogP contribution in [0.1, 0.15) is 6.92 Å². The highest BCUT2D eigenvalue weighted by Gasteiger charge is 2.22. The van der Waals surface area contributed by atoms with E-state index >= 15 is 0 Å². The number of carbonyl (C=O) groups excluding carboxylic acids is 1. The molecule has 1 saturated heterocycles. The Balaban J connectivity index is 1.65. The number of para-hydroxylation sites is 2. The van der Waals surface area contributed by atoms with E-state index in [9.17, 15) is 4.79 Å². The van der Waals surface area contributed by atoms with Crippen molar-refractivity contribution in [2.75, 3.05) is 36.5 Å². The van der Waals surface area contributed by atoms with Crippen molar-refractivity contribution in [2.24, 2.45) is 5.10 Å². The molecule has 24 heavy (non-hydrogen) atoms. The van der Waals surface area contributed by atoms with Crippen molar-refractivity contribution >= 4 is 23.0 Å². The first kappa shape index (κ1) is 16.1. The quantitative estimate of drug-likeness (QED) is 0.534. The van der Waals surface area contributed by atoms with Crippen molar-refractivity contribution in [1.82, 2.24) is 4.90 Å². The number of nitrogens with zero attached hydrogens (tertiary/aromatic N) is 3. The molecule has 5 heteroatoms. The summed E-state index contributed by atoms with van der Waals surface area (Å²) in [6.07, 6.45) is 0. The normalized spacial score (nSPS) is 15.3. The second-order valence-electron chi connectivity index (χ2n) is 5.78. The van der Waals surface area contributed by atoms with Crippen LogP contribution in [0.4, 0.5) is 11.4 Å². The van der Waals surface area contributed by atoms with Crippen LogP contribution in [0.5, 0.6) is 0 Å². The number of ketones is 1. The van der Waals surface area contributed by atoms with Gasteiger partial charge in [-0.2, -0.15) is 5.10 Å². The predicted molar refractivity (Wildman–Crippen MR) is 98.4 cm³/mol. The topological polar surface area (TPSA) is 47.9 Å². The lowest BCUT2D eigenvalue weighted by Crippen LogP contribution is -2.50. The van der Waals surface area contributed by atoms with Gasteiger partial charge < -0.3 is 9.80 Å². The molecule has 0 amide bonds. The SMILES string of the molecule is CC(=O)/C(=N/Nc1ccccc1)N1CCN(c2ccccc2)CC1. The molecule has 0 bridgehead atoms. The molecule has 1 aliphatic rings. The van der Waals surface area contributed by atoms with E-state index < -0.39 is 0 Å². The van der Waals surface area contributed by atoms with E-state index in [1.54, 1.807) is 6.92 Å². The van der Waals surface area contributed by atoms with Crippen LogP contribution < -0.4 is 10.3 Å². The molecule has 1 fully saturated rings. The van der Waals surface area contributed by atoms with Crippen LogP contribution in [0.3, 0.4) is 0 Å². The molecule has 0 aromatic heterocycles. The lowest BCUT2D eigenvalue weighted by molar-refractivity contribution is -0.111. The number of amidine groups is 1. The molecule has 0 atom stereocenters. The highest BCUT2D eigenvalue weighted by Crippen LogP contribution is 2.16. The maximum Gasteiger partial charge on any atom is 0.196 e. The molecular formula is C19H22N4O. The molecule has 1 N–H and O–H groups in total. The first-order valence-corrected chi connectivity index (χ1v) is 8.18. The molecule has 0 spiro atoms. The monoisotopic (exact) mass is 322 g/mol. The van der Waals surface area contributed by atoms with Gasteiger partial charge in [-0.15, -0.1) is 0 Å². The van der Waals surface area contributed by atoms with E-state index in [1.165, 1.54) is 5.69 Å². The summed E-state index contributed by atoms with van der Waals surface area (Å²) in [5, 5.41) is 4.34. The average Bonchev–Trinajstić information content (AvgIpc) is 2.64. The molecule has 0 unspecified atom stereocenters. The van der Waals surface area contributed by atoms with E-state index in [2.05, 4.69) is 32.5 Å². The first-order chi connectivity index (χ1) is 11.7. The Morgan fingerprint density at radius 3 is 2.08 bits per heavy atom. The minimum absolute atomic E-state index is 0.0217. The van der Waals surface area contributed by atoms with Crippen LogP contribution in [0.15, 0.2) is 65.8 Å². The number of hydrogen-bond acceptors (Lipinski definition) is 4. The number of hydrogen-bond donors (Lipinski definition) is 1. The number of carbonyl (C=O) groups is 1. The van der Waals surface area contributed by atoms with Gasteiger partial charge in [0.15, 0.2) is 11.6 Å². The van der Waals surface area contributed by atoms with Crippen molar-refractivity contribution in [3.8, 4) is 0 Å². The van der Waals surface area contributed by atoms with Crippen LogP contribution in [0.25, 0.3) is 0 Å². The van der Waals surface area contributed by atoms with Crippen LogP contribution >= 0.6 is 0 Å². The average molecular weight is 322 g/mol. The molecule has 3 rings (SSSR count). The lowest BCUT2D eigenvalue weighted by Gasteiger charge is -2.37. The molecule has 1 aliphatic heterocycles. The highest BCUT2D eigenvalue weighted by atomic mass is 16.1. The number of piperazine rings is 1. The molecule has 1 heterocycles. The summed E-state index contributed by atoms with van der Waals surface area (Å²) >= 11 is 0. The summed E-state index contributed by atoms with van der Waals surface area (Å²) in [5.74, 6) is 0.471. The van der Waals surface area contributed by atoms with Crippen molar-refractivity contribution in [3.05, 3.63) is 60.7 Å².